The monoisotopic (exact) mass is 256 g/mol. The third-order valence-electron chi connectivity index (χ3n) is 3.05. The lowest BCUT2D eigenvalue weighted by Crippen LogP contribution is -2.11. The highest BCUT2D eigenvalue weighted by Gasteiger charge is 2.00. The van der Waals surface area contributed by atoms with Crippen molar-refractivity contribution in [3.8, 4) is 0 Å². The van der Waals surface area contributed by atoms with Crippen LogP contribution in [0.5, 0.6) is 0 Å². The molecule has 0 rings (SSSR count). The van der Waals surface area contributed by atoms with Crippen LogP contribution in [0.2, 0.25) is 0 Å². The molecule has 0 aromatic rings. The van der Waals surface area contributed by atoms with E-state index in [1.165, 1.54) is 44.9 Å². The van der Waals surface area contributed by atoms with E-state index < -0.39 is 6.29 Å². The number of rotatable bonds is 13. The third kappa shape index (κ3) is 13.7. The van der Waals surface area contributed by atoms with Crippen molar-refractivity contribution in [1.82, 2.24) is 0 Å². The second-order valence-corrected chi connectivity index (χ2v) is 4.92. The molecule has 0 aliphatic carbocycles. The Labute approximate surface area is 113 Å². The Hall–Kier alpha value is -0.340. The topological polar surface area (TPSA) is 29.5 Å². The van der Waals surface area contributed by atoms with Gasteiger partial charge in [-0.25, -0.2) is 0 Å². The second-order valence-electron chi connectivity index (χ2n) is 4.92. The summed E-state index contributed by atoms with van der Waals surface area (Å²) in [6.07, 6.45) is 15.5. The van der Waals surface area contributed by atoms with Crippen molar-refractivity contribution in [2.75, 3.05) is 6.61 Å². The molecule has 0 aliphatic rings. The van der Waals surface area contributed by atoms with E-state index in [1.54, 1.807) is 0 Å². The fraction of sp³-hybridized carbons (Fsp3) is 0.875. The number of allylic oxidation sites excluding steroid dienone is 1. The van der Waals surface area contributed by atoms with E-state index >= 15 is 0 Å². The Morgan fingerprint density at radius 2 is 1.50 bits per heavy atom. The Balaban J connectivity index is 3.12. The summed E-state index contributed by atoms with van der Waals surface area (Å²) in [5, 5.41) is 9.50. The molecule has 0 bridgehead atoms. The van der Waals surface area contributed by atoms with Crippen LogP contribution in [0.25, 0.3) is 0 Å². The maximum atomic E-state index is 9.50. The smallest absolute Gasteiger partial charge is 0.157 e. The maximum absolute atomic E-state index is 9.50. The molecule has 0 fully saturated rings. The number of aliphatic hydroxyl groups excluding tert-OH is 1. The highest BCUT2D eigenvalue weighted by atomic mass is 16.6. The van der Waals surface area contributed by atoms with E-state index in [0.717, 1.165) is 12.8 Å². The summed E-state index contributed by atoms with van der Waals surface area (Å²) in [5.74, 6) is 0. The fourth-order valence-corrected chi connectivity index (χ4v) is 1.90. The Morgan fingerprint density at radius 1 is 0.889 bits per heavy atom. The molecule has 1 atom stereocenters. The van der Waals surface area contributed by atoms with Crippen molar-refractivity contribution in [2.45, 2.75) is 84.3 Å². The highest BCUT2D eigenvalue weighted by molar-refractivity contribution is 4.80. The molecule has 2 nitrogen and oxygen atoms in total. The van der Waals surface area contributed by atoms with Gasteiger partial charge in [0, 0.05) is 13.0 Å². The van der Waals surface area contributed by atoms with Gasteiger partial charge in [-0.2, -0.15) is 0 Å². The van der Waals surface area contributed by atoms with E-state index in [0.29, 0.717) is 13.0 Å². The fourth-order valence-electron chi connectivity index (χ4n) is 1.90. The zero-order valence-electron chi connectivity index (χ0n) is 12.4. The summed E-state index contributed by atoms with van der Waals surface area (Å²) in [7, 11) is 0. The lowest BCUT2D eigenvalue weighted by Gasteiger charge is -2.09. The summed E-state index contributed by atoms with van der Waals surface area (Å²) in [4.78, 5) is 0. The zero-order chi connectivity index (χ0) is 13.5. The van der Waals surface area contributed by atoms with Gasteiger partial charge in [-0.05, 0) is 12.8 Å². The van der Waals surface area contributed by atoms with Crippen LogP contribution < -0.4 is 0 Å². The van der Waals surface area contributed by atoms with E-state index in [1.807, 2.05) is 6.08 Å². The molecule has 0 spiro atoms. The second kappa shape index (κ2) is 14.7. The first kappa shape index (κ1) is 17.7. The predicted molar refractivity (Wildman–Crippen MR) is 78.6 cm³/mol. The summed E-state index contributed by atoms with van der Waals surface area (Å²) >= 11 is 0. The standard InChI is InChI=1S/C16H32O2/c1-3-5-7-8-9-10-11-13-15-18-16(17)14-12-6-4-2/h6,12,16-17H,3-5,7-11,13-15H2,1-2H3. The SMILES string of the molecule is CCC=CCC(O)OCCCCCCCCCC. The summed E-state index contributed by atoms with van der Waals surface area (Å²) in [5.41, 5.74) is 0. The number of unbranched alkanes of at least 4 members (excludes halogenated alkanes) is 7. The van der Waals surface area contributed by atoms with Gasteiger partial charge in [-0.15, -0.1) is 0 Å². The van der Waals surface area contributed by atoms with Crippen LogP contribution in [-0.4, -0.2) is 18.0 Å². The van der Waals surface area contributed by atoms with Gasteiger partial charge in [-0.3, -0.25) is 0 Å². The van der Waals surface area contributed by atoms with Crippen molar-refractivity contribution in [3.63, 3.8) is 0 Å². The molecule has 108 valence electrons. The van der Waals surface area contributed by atoms with Gasteiger partial charge < -0.3 is 9.84 Å². The summed E-state index contributed by atoms with van der Waals surface area (Å²) in [6.45, 7) is 5.03. The lowest BCUT2D eigenvalue weighted by molar-refractivity contribution is -0.0966. The quantitative estimate of drug-likeness (QED) is 0.291. The molecule has 0 amide bonds. The molecule has 2 heteroatoms. The van der Waals surface area contributed by atoms with Gasteiger partial charge >= 0.3 is 0 Å². The van der Waals surface area contributed by atoms with Crippen LogP contribution in [0.1, 0.15) is 78.1 Å². The zero-order valence-corrected chi connectivity index (χ0v) is 12.4. The van der Waals surface area contributed by atoms with E-state index in [4.69, 9.17) is 4.74 Å². The van der Waals surface area contributed by atoms with Crippen LogP contribution >= 0.6 is 0 Å². The summed E-state index contributed by atoms with van der Waals surface area (Å²) in [6, 6.07) is 0. The largest absolute Gasteiger partial charge is 0.368 e. The summed E-state index contributed by atoms with van der Waals surface area (Å²) < 4.78 is 5.34. The minimum atomic E-state index is -0.614. The van der Waals surface area contributed by atoms with Crippen LogP contribution in [0.15, 0.2) is 12.2 Å². The molecular formula is C16H32O2. The first-order valence-electron chi connectivity index (χ1n) is 7.75. The molecule has 0 aliphatic heterocycles. The van der Waals surface area contributed by atoms with Gasteiger partial charge in [0.25, 0.3) is 0 Å². The van der Waals surface area contributed by atoms with Crippen LogP contribution in [-0.2, 0) is 4.74 Å². The van der Waals surface area contributed by atoms with Crippen molar-refractivity contribution in [2.24, 2.45) is 0 Å². The molecule has 0 radical (unpaired) electrons. The molecule has 1 unspecified atom stereocenters. The molecular weight excluding hydrogens is 224 g/mol. The molecule has 0 saturated carbocycles. The number of hydrogen-bond donors (Lipinski definition) is 1. The molecule has 18 heavy (non-hydrogen) atoms. The van der Waals surface area contributed by atoms with E-state index in [2.05, 4.69) is 19.9 Å². The molecule has 1 N–H and O–H groups in total. The Kier molecular flexibility index (Phi) is 14.4. The molecule has 0 aromatic carbocycles. The van der Waals surface area contributed by atoms with Gasteiger partial charge in [0.05, 0.1) is 0 Å². The number of ether oxygens (including phenoxy) is 1. The van der Waals surface area contributed by atoms with Gasteiger partial charge in [-0.1, -0.05) is 70.9 Å². The van der Waals surface area contributed by atoms with E-state index in [-0.39, 0.29) is 0 Å². The Morgan fingerprint density at radius 3 is 2.11 bits per heavy atom. The van der Waals surface area contributed by atoms with Crippen molar-refractivity contribution < 1.29 is 9.84 Å². The third-order valence-corrected chi connectivity index (χ3v) is 3.05. The average molecular weight is 256 g/mol. The van der Waals surface area contributed by atoms with Gasteiger partial charge in [0.1, 0.15) is 0 Å². The van der Waals surface area contributed by atoms with Crippen LogP contribution in [0, 0.1) is 0 Å². The first-order valence-corrected chi connectivity index (χ1v) is 7.75. The lowest BCUT2D eigenvalue weighted by atomic mass is 10.1. The minimum absolute atomic E-state index is 0.614. The highest BCUT2D eigenvalue weighted by Crippen LogP contribution is 2.08. The van der Waals surface area contributed by atoms with Gasteiger partial charge in [0.2, 0.25) is 0 Å². The van der Waals surface area contributed by atoms with Crippen molar-refractivity contribution in [3.05, 3.63) is 12.2 Å². The maximum Gasteiger partial charge on any atom is 0.157 e. The number of hydrogen-bond acceptors (Lipinski definition) is 2. The van der Waals surface area contributed by atoms with E-state index in [9.17, 15) is 5.11 Å². The first-order chi connectivity index (χ1) is 8.81. The van der Waals surface area contributed by atoms with Crippen LogP contribution in [0.4, 0.5) is 0 Å². The average Bonchev–Trinajstić information content (AvgIpc) is 2.37. The normalized spacial score (nSPS) is 13.3. The van der Waals surface area contributed by atoms with Gasteiger partial charge in [0.15, 0.2) is 6.29 Å². The minimum Gasteiger partial charge on any atom is -0.368 e. The molecule has 0 aromatic heterocycles. The van der Waals surface area contributed by atoms with Crippen molar-refractivity contribution in [1.29, 1.82) is 0 Å². The molecule has 0 heterocycles. The number of aliphatic hydroxyl groups is 1. The van der Waals surface area contributed by atoms with Crippen molar-refractivity contribution >= 4 is 0 Å². The molecule has 0 saturated heterocycles. The predicted octanol–water partition coefficient (Wildman–Crippen LogP) is 4.82. The van der Waals surface area contributed by atoms with Crippen LogP contribution in [0.3, 0.4) is 0 Å². The Bertz CT molecular complexity index is 178.